The van der Waals surface area contributed by atoms with Crippen LogP contribution in [0.3, 0.4) is 0 Å². The second-order valence-corrected chi connectivity index (χ2v) is 14.4. The van der Waals surface area contributed by atoms with Gasteiger partial charge in [0.1, 0.15) is 5.00 Å². The quantitative estimate of drug-likeness (QED) is 0.577. The number of anilines is 1. The molecule has 190 valence electrons. The minimum atomic E-state index is -3.81. The van der Waals surface area contributed by atoms with E-state index in [0.29, 0.717) is 29.3 Å². The highest BCUT2D eigenvalue weighted by atomic mass is 32.2. The van der Waals surface area contributed by atoms with Gasteiger partial charge in [-0.05, 0) is 67.9 Å². The van der Waals surface area contributed by atoms with Crippen LogP contribution in [0.1, 0.15) is 47.0 Å². The van der Waals surface area contributed by atoms with Crippen molar-refractivity contribution in [3.05, 3.63) is 40.3 Å². The second kappa shape index (κ2) is 9.64. The molecule has 0 radical (unpaired) electrons. The minimum Gasteiger partial charge on any atom is -0.365 e. The zero-order valence-electron chi connectivity index (χ0n) is 19.6. The molecular formula is C23H29N3O6S3. The van der Waals surface area contributed by atoms with Crippen LogP contribution in [0.25, 0.3) is 0 Å². The summed E-state index contributed by atoms with van der Waals surface area (Å²) in [5, 5.41) is 3.38. The molecule has 4 rings (SSSR count). The standard InChI is InChI=1S/C23H29N3O6S3/c1-14-3-8-18-19(13-14)33-23(20(18)21(24)27)25-22(28)15-9-11-26(12-10-15)35(31,32)17-6-4-16(5-7-17)34(2,29)30/h4-7,14-15H,3,8-13H2,1-2H3,(H2,24,27)(H,25,28). The summed E-state index contributed by atoms with van der Waals surface area (Å²) in [5.74, 6) is -0.670. The van der Waals surface area contributed by atoms with Crippen molar-refractivity contribution >= 4 is 48.0 Å². The number of hydrogen-bond acceptors (Lipinski definition) is 7. The van der Waals surface area contributed by atoms with E-state index in [2.05, 4.69) is 12.2 Å². The number of nitrogens with two attached hydrogens (primary N) is 1. The average Bonchev–Trinajstić information content (AvgIpc) is 3.15. The van der Waals surface area contributed by atoms with E-state index in [9.17, 15) is 26.4 Å². The number of benzene rings is 1. The molecule has 1 fully saturated rings. The first-order valence-corrected chi connectivity index (χ1v) is 15.6. The molecule has 1 saturated heterocycles. The molecule has 1 aliphatic heterocycles. The molecule has 1 aliphatic carbocycles. The Morgan fingerprint density at radius 2 is 1.63 bits per heavy atom. The highest BCUT2D eigenvalue weighted by molar-refractivity contribution is 7.90. The van der Waals surface area contributed by atoms with E-state index in [0.717, 1.165) is 36.0 Å². The SMILES string of the molecule is CC1CCc2c(sc(NC(=O)C3CCN(S(=O)(=O)c4ccc(S(C)(=O)=O)cc4)CC3)c2C(N)=O)C1. The first-order valence-electron chi connectivity index (χ1n) is 11.4. The molecular weight excluding hydrogens is 510 g/mol. The Bertz CT molecular complexity index is 1360. The van der Waals surface area contributed by atoms with Gasteiger partial charge in [0.15, 0.2) is 9.84 Å². The maximum Gasteiger partial charge on any atom is 0.251 e. The molecule has 9 nitrogen and oxygen atoms in total. The fourth-order valence-corrected chi connectivity index (χ4v) is 8.20. The Balaban J connectivity index is 1.43. The van der Waals surface area contributed by atoms with Gasteiger partial charge in [-0.2, -0.15) is 4.31 Å². The lowest BCUT2D eigenvalue weighted by atomic mass is 9.88. The van der Waals surface area contributed by atoms with E-state index in [1.807, 2.05) is 0 Å². The van der Waals surface area contributed by atoms with Crippen LogP contribution in [0.5, 0.6) is 0 Å². The lowest BCUT2D eigenvalue weighted by Gasteiger charge is -2.30. The molecule has 3 N–H and O–H groups in total. The van der Waals surface area contributed by atoms with Gasteiger partial charge in [0.05, 0.1) is 15.4 Å². The van der Waals surface area contributed by atoms with Crippen molar-refractivity contribution in [3.8, 4) is 0 Å². The number of hydrogen-bond donors (Lipinski definition) is 2. The fourth-order valence-electron chi connectivity index (χ4n) is 4.68. The van der Waals surface area contributed by atoms with Crippen LogP contribution in [0, 0.1) is 11.8 Å². The van der Waals surface area contributed by atoms with Gasteiger partial charge in [0, 0.05) is 30.1 Å². The molecule has 1 aromatic heterocycles. The Morgan fingerprint density at radius 3 is 2.20 bits per heavy atom. The summed E-state index contributed by atoms with van der Waals surface area (Å²) in [6.07, 6.45) is 4.33. The number of rotatable bonds is 6. The second-order valence-electron chi connectivity index (χ2n) is 9.33. The molecule has 0 spiro atoms. The van der Waals surface area contributed by atoms with Crippen molar-refractivity contribution in [1.82, 2.24) is 4.31 Å². The van der Waals surface area contributed by atoms with Crippen LogP contribution in [0.2, 0.25) is 0 Å². The maximum absolute atomic E-state index is 13.0. The lowest BCUT2D eigenvalue weighted by molar-refractivity contribution is -0.120. The van der Waals surface area contributed by atoms with Gasteiger partial charge in [-0.25, -0.2) is 16.8 Å². The van der Waals surface area contributed by atoms with Gasteiger partial charge in [0.2, 0.25) is 15.9 Å². The number of thiophene rings is 1. The number of nitrogens with zero attached hydrogens (tertiary/aromatic N) is 1. The third-order valence-electron chi connectivity index (χ3n) is 6.71. The topological polar surface area (TPSA) is 144 Å². The Labute approximate surface area is 209 Å². The van der Waals surface area contributed by atoms with Gasteiger partial charge < -0.3 is 11.1 Å². The van der Waals surface area contributed by atoms with E-state index in [1.165, 1.54) is 39.9 Å². The number of nitrogens with one attached hydrogen (secondary N) is 1. The molecule has 1 unspecified atom stereocenters. The summed E-state index contributed by atoms with van der Waals surface area (Å²) >= 11 is 1.41. The molecule has 35 heavy (non-hydrogen) atoms. The summed E-state index contributed by atoms with van der Waals surface area (Å²) in [5.41, 5.74) is 6.98. The van der Waals surface area contributed by atoms with Crippen molar-refractivity contribution in [2.45, 2.75) is 48.8 Å². The zero-order chi connectivity index (χ0) is 25.5. The monoisotopic (exact) mass is 539 g/mol. The number of piperidine rings is 1. The smallest absolute Gasteiger partial charge is 0.251 e. The summed E-state index contributed by atoms with van der Waals surface area (Å²) in [7, 11) is -7.24. The van der Waals surface area contributed by atoms with E-state index in [-0.39, 0.29) is 28.8 Å². The van der Waals surface area contributed by atoms with Gasteiger partial charge in [-0.3, -0.25) is 9.59 Å². The highest BCUT2D eigenvalue weighted by Gasteiger charge is 2.34. The van der Waals surface area contributed by atoms with E-state index >= 15 is 0 Å². The van der Waals surface area contributed by atoms with Crippen molar-refractivity contribution in [1.29, 1.82) is 0 Å². The number of sulfone groups is 1. The third kappa shape index (κ3) is 5.30. The van der Waals surface area contributed by atoms with Gasteiger partial charge in [0.25, 0.3) is 5.91 Å². The Hall–Kier alpha value is -2.28. The molecule has 1 aromatic carbocycles. The van der Waals surface area contributed by atoms with E-state index in [1.54, 1.807) is 0 Å². The van der Waals surface area contributed by atoms with Crippen molar-refractivity contribution in [2.75, 3.05) is 24.7 Å². The summed E-state index contributed by atoms with van der Waals surface area (Å²) in [4.78, 5) is 26.3. The summed E-state index contributed by atoms with van der Waals surface area (Å²) in [6, 6.07) is 5.13. The summed E-state index contributed by atoms with van der Waals surface area (Å²) in [6.45, 7) is 2.48. The van der Waals surface area contributed by atoms with E-state index < -0.39 is 31.7 Å². The third-order valence-corrected chi connectivity index (χ3v) is 10.9. The van der Waals surface area contributed by atoms with E-state index in [4.69, 9.17) is 5.73 Å². The molecule has 2 aromatic rings. The normalized spacial score (nSPS) is 19.8. The number of primary amides is 1. The van der Waals surface area contributed by atoms with Crippen molar-refractivity contribution in [3.63, 3.8) is 0 Å². The molecule has 0 saturated carbocycles. The first-order chi connectivity index (χ1) is 16.4. The van der Waals surface area contributed by atoms with Gasteiger partial charge in [-0.15, -0.1) is 11.3 Å². The number of fused-ring (bicyclic) bond motifs is 1. The fraction of sp³-hybridized carbons (Fsp3) is 0.478. The molecule has 0 bridgehead atoms. The van der Waals surface area contributed by atoms with Crippen LogP contribution >= 0.6 is 11.3 Å². The molecule has 1 atom stereocenters. The first kappa shape index (κ1) is 25.8. The highest BCUT2D eigenvalue weighted by Crippen LogP contribution is 2.40. The average molecular weight is 540 g/mol. The van der Waals surface area contributed by atoms with Crippen molar-refractivity contribution < 1.29 is 26.4 Å². The lowest BCUT2D eigenvalue weighted by Crippen LogP contribution is -2.41. The predicted octanol–water partition coefficient (Wildman–Crippen LogP) is 2.41. The number of sulfonamides is 1. The molecule has 12 heteroatoms. The van der Waals surface area contributed by atoms with Crippen molar-refractivity contribution in [2.24, 2.45) is 17.6 Å². The molecule has 2 aliphatic rings. The Morgan fingerprint density at radius 1 is 1.03 bits per heavy atom. The largest absolute Gasteiger partial charge is 0.365 e. The van der Waals surface area contributed by atoms with Gasteiger partial charge in [-0.1, -0.05) is 6.92 Å². The number of carbonyl (C=O) groups is 2. The number of carbonyl (C=O) groups excluding carboxylic acids is 2. The van der Waals surface area contributed by atoms with Crippen LogP contribution in [0.4, 0.5) is 5.00 Å². The van der Waals surface area contributed by atoms with Crippen LogP contribution in [-0.4, -0.2) is 52.3 Å². The predicted molar refractivity (Wildman–Crippen MR) is 134 cm³/mol. The van der Waals surface area contributed by atoms with Crippen LogP contribution < -0.4 is 11.1 Å². The van der Waals surface area contributed by atoms with Crippen LogP contribution in [0.15, 0.2) is 34.1 Å². The molecule has 2 amide bonds. The van der Waals surface area contributed by atoms with Gasteiger partial charge >= 0.3 is 0 Å². The van der Waals surface area contributed by atoms with Crippen LogP contribution in [-0.2, 0) is 37.5 Å². The molecule has 2 heterocycles. The number of amides is 2. The maximum atomic E-state index is 13.0. The minimum absolute atomic E-state index is 0.0114. The Kier molecular flexibility index (Phi) is 7.11. The zero-order valence-corrected chi connectivity index (χ0v) is 22.1. The summed E-state index contributed by atoms with van der Waals surface area (Å²) < 4.78 is 50.6.